The van der Waals surface area contributed by atoms with Crippen molar-refractivity contribution in [3.63, 3.8) is 0 Å². The number of hydrogen-bond acceptors (Lipinski definition) is 4. The molecule has 0 aromatic heterocycles. The van der Waals surface area contributed by atoms with E-state index in [2.05, 4.69) is 5.32 Å². The Labute approximate surface area is 109 Å². The van der Waals surface area contributed by atoms with Crippen LogP contribution in [0.25, 0.3) is 0 Å². The lowest BCUT2D eigenvalue weighted by molar-refractivity contribution is -0.387. The van der Waals surface area contributed by atoms with Gasteiger partial charge in [-0.3, -0.25) is 14.9 Å². The molecule has 0 fully saturated rings. The first-order valence-electron chi connectivity index (χ1n) is 5.88. The highest BCUT2D eigenvalue weighted by molar-refractivity contribution is 5.97. The predicted octanol–water partition coefficient (Wildman–Crippen LogP) is 2.19. The number of nitrogens with one attached hydrogen (secondary N) is 1. The molecule has 0 atom stereocenters. The van der Waals surface area contributed by atoms with Crippen molar-refractivity contribution in [3.8, 4) is 0 Å². The summed E-state index contributed by atoms with van der Waals surface area (Å²) in [7, 11) is 0. The zero-order valence-electron chi connectivity index (χ0n) is 10.8. The van der Waals surface area contributed by atoms with Gasteiger partial charge in [0.15, 0.2) is 0 Å². The molecule has 0 spiro atoms. The van der Waals surface area contributed by atoms with E-state index in [0.29, 0.717) is 12.8 Å². The molecular formula is C12H16FN3O3. The fraction of sp³-hybridized carbons (Fsp3) is 0.417. The zero-order valence-corrected chi connectivity index (χ0v) is 10.8. The largest absolute Gasteiger partial charge is 0.324 e. The Morgan fingerprint density at radius 1 is 1.47 bits per heavy atom. The minimum Gasteiger partial charge on any atom is -0.324 e. The summed E-state index contributed by atoms with van der Waals surface area (Å²) in [4.78, 5) is 21.6. The normalized spacial score (nSPS) is 11.2. The van der Waals surface area contributed by atoms with E-state index >= 15 is 0 Å². The fourth-order valence-corrected chi connectivity index (χ4v) is 1.56. The third kappa shape index (κ3) is 3.25. The van der Waals surface area contributed by atoms with Gasteiger partial charge in [-0.15, -0.1) is 0 Å². The standard InChI is InChI=1S/C12H16FN3O3/c1-3-12(14,4-2)11(17)15-8-5-6-10(16(18)19)9(13)7-8/h5-7H,3-4,14H2,1-2H3,(H,15,17). The molecule has 0 bridgehead atoms. The fourth-order valence-electron chi connectivity index (χ4n) is 1.56. The number of halogens is 1. The van der Waals surface area contributed by atoms with Gasteiger partial charge >= 0.3 is 5.69 Å². The number of carbonyl (C=O) groups excluding carboxylic acids is 1. The molecule has 19 heavy (non-hydrogen) atoms. The molecule has 6 nitrogen and oxygen atoms in total. The number of nitrogens with zero attached hydrogens (tertiary/aromatic N) is 1. The number of rotatable bonds is 5. The van der Waals surface area contributed by atoms with Gasteiger partial charge in [0.2, 0.25) is 11.7 Å². The Morgan fingerprint density at radius 2 is 2.05 bits per heavy atom. The first-order chi connectivity index (χ1) is 8.84. The van der Waals surface area contributed by atoms with E-state index in [0.717, 1.165) is 12.1 Å². The lowest BCUT2D eigenvalue weighted by atomic mass is 9.93. The van der Waals surface area contributed by atoms with Crippen LogP contribution in [0.4, 0.5) is 15.8 Å². The molecular weight excluding hydrogens is 253 g/mol. The summed E-state index contributed by atoms with van der Waals surface area (Å²) in [5, 5.41) is 12.9. The van der Waals surface area contributed by atoms with Crippen molar-refractivity contribution in [2.24, 2.45) is 5.73 Å². The number of anilines is 1. The molecule has 104 valence electrons. The molecule has 7 heteroatoms. The smallest absolute Gasteiger partial charge is 0.304 e. The maximum Gasteiger partial charge on any atom is 0.304 e. The van der Waals surface area contributed by atoms with E-state index in [1.54, 1.807) is 13.8 Å². The number of nitrogens with two attached hydrogens (primary N) is 1. The topological polar surface area (TPSA) is 98.3 Å². The van der Waals surface area contributed by atoms with Gasteiger partial charge in [-0.05, 0) is 18.9 Å². The van der Waals surface area contributed by atoms with Gasteiger partial charge in [-0.1, -0.05) is 13.8 Å². The number of carbonyl (C=O) groups is 1. The second kappa shape index (κ2) is 5.75. The van der Waals surface area contributed by atoms with Crippen LogP contribution < -0.4 is 11.1 Å². The van der Waals surface area contributed by atoms with Crippen LogP contribution in [0.15, 0.2) is 18.2 Å². The summed E-state index contributed by atoms with van der Waals surface area (Å²) in [5.41, 5.74) is 4.37. The van der Waals surface area contributed by atoms with Crippen LogP contribution in [-0.4, -0.2) is 16.4 Å². The molecule has 0 saturated heterocycles. The van der Waals surface area contributed by atoms with Gasteiger partial charge in [0.1, 0.15) is 0 Å². The lowest BCUT2D eigenvalue weighted by Crippen LogP contribution is -2.50. The molecule has 0 unspecified atom stereocenters. The van der Waals surface area contributed by atoms with Crippen LogP contribution in [-0.2, 0) is 4.79 Å². The van der Waals surface area contributed by atoms with Gasteiger partial charge in [-0.25, -0.2) is 0 Å². The summed E-state index contributed by atoms with van der Waals surface area (Å²) in [6, 6.07) is 3.17. The van der Waals surface area contributed by atoms with E-state index in [4.69, 9.17) is 5.73 Å². The van der Waals surface area contributed by atoms with Crippen molar-refractivity contribution in [3.05, 3.63) is 34.1 Å². The average Bonchev–Trinajstić information content (AvgIpc) is 2.37. The SMILES string of the molecule is CCC(N)(CC)C(=O)Nc1ccc([N+](=O)[O-])c(F)c1. The van der Waals surface area contributed by atoms with Gasteiger partial charge in [0, 0.05) is 17.8 Å². The number of amides is 1. The van der Waals surface area contributed by atoms with Gasteiger partial charge in [0.25, 0.3) is 0 Å². The Balaban J connectivity index is 2.92. The summed E-state index contributed by atoms with van der Waals surface area (Å²) in [6.45, 7) is 3.55. The molecule has 0 aliphatic heterocycles. The van der Waals surface area contributed by atoms with E-state index in [-0.39, 0.29) is 5.69 Å². The van der Waals surface area contributed by atoms with Gasteiger partial charge in [0.05, 0.1) is 10.5 Å². The highest BCUT2D eigenvalue weighted by atomic mass is 19.1. The number of nitro groups is 1. The number of nitro benzene ring substituents is 1. The van der Waals surface area contributed by atoms with E-state index in [1.165, 1.54) is 6.07 Å². The summed E-state index contributed by atoms with van der Waals surface area (Å²) in [6.07, 6.45) is 0.871. The van der Waals surface area contributed by atoms with Crippen LogP contribution in [0.1, 0.15) is 26.7 Å². The predicted molar refractivity (Wildman–Crippen MR) is 69.2 cm³/mol. The molecule has 0 aliphatic carbocycles. The highest BCUT2D eigenvalue weighted by Crippen LogP contribution is 2.22. The third-order valence-corrected chi connectivity index (χ3v) is 3.12. The van der Waals surface area contributed by atoms with Crippen molar-refractivity contribution in [1.82, 2.24) is 0 Å². The minimum absolute atomic E-state index is 0.143. The maximum absolute atomic E-state index is 13.4. The molecule has 0 saturated carbocycles. The highest BCUT2D eigenvalue weighted by Gasteiger charge is 2.30. The molecule has 1 rings (SSSR count). The van der Waals surface area contributed by atoms with Crippen LogP contribution >= 0.6 is 0 Å². The first kappa shape index (κ1) is 15.0. The van der Waals surface area contributed by atoms with Crippen molar-refractivity contribution in [1.29, 1.82) is 0 Å². The molecule has 1 aromatic rings. The molecule has 0 heterocycles. The summed E-state index contributed by atoms with van der Waals surface area (Å²) >= 11 is 0. The third-order valence-electron chi connectivity index (χ3n) is 3.12. The van der Waals surface area contributed by atoms with E-state index in [9.17, 15) is 19.3 Å². The number of benzene rings is 1. The molecule has 0 aliphatic rings. The lowest BCUT2D eigenvalue weighted by Gasteiger charge is -2.25. The van der Waals surface area contributed by atoms with Crippen molar-refractivity contribution in [2.75, 3.05) is 5.32 Å². The molecule has 1 aromatic carbocycles. The summed E-state index contributed by atoms with van der Waals surface area (Å²) in [5.74, 6) is -1.44. The Bertz CT molecular complexity index is 501. The number of hydrogen-bond donors (Lipinski definition) is 2. The van der Waals surface area contributed by atoms with E-state index < -0.39 is 27.9 Å². The molecule has 3 N–H and O–H groups in total. The first-order valence-corrected chi connectivity index (χ1v) is 5.88. The Hall–Kier alpha value is -2.02. The summed E-state index contributed by atoms with van der Waals surface area (Å²) < 4.78 is 13.4. The van der Waals surface area contributed by atoms with E-state index in [1.807, 2.05) is 0 Å². The monoisotopic (exact) mass is 269 g/mol. The quantitative estimate of drug-likeness (QED) is 0.632. The van der Waals surface area contributed by atoms with Crippen molar-refractivity contribution in [2.45, 2.75) is 32.2 Å². The molecule has 0 radical (unpaired) electrons. The van der Waals surface area contributed by atoms with Crippen LogP contribution in [0.5, 0.6) is 0 Å². The maximum atomic E-state index is 13.4. The minimum atomic E-state index is -1.03. The van der Waals surface area contributed by atoms with Crippen molar-refractivity contribution >= 4 is 17.3 Å². The average molecular weight is 269 g/mol. The second-order valence-corrected chi connectivity index (χ2v) is 4.24. The van der Waals surface area contributed by atoms with Crippen LogP contribution in [0.3, 0.4) is 0 Å². The Morgan fingerprint density at radius 3 is 2.47 bits per heavy atom. The van der Waals surface area contributed by atoms with Gasteiger partial charge in [-0.2, -0.15) is 4.39 Å². The van der Waals surface area contributed by atoms with Crippen LogP contribution in [0.2, 0.25) is 0 Å². The van der Waals surface area contributed by atoms with Crippen molar-refractivity contribution < 1.29 is 14.1 Å². The zero-order chi connectivity index (χ0) is 14.6. The molecule has 1 amide bonds. The Kier molecular flexibility index (Phi) is 4.55. The van der Waals surface area contributed by atoms with Gasteiger partial charge < -0.3 is 11.1 Å². The second-order valence-electron chi connectivity index (χ2n) is 4.24. The van der Waals surface area contributed by atoms with Crippen LogP contribution in [0, 0.1) is 15.9 Å².